The van der Waals surface area contributed by atoms with Gasteiger partial charge in [-0.2, -0.15) is 0 Å². The first kappa shape index (κ1) is 15.9. The standard InChI is InChI=1S/C12H12O.C8H10O/c1-9-7-8-12(13-2)11-6-4-3-5-10(9)11;1-7-3-5-8(9-2)6-4-7/h3-8H,1-2H3;3-6H,1-2H3. The fourth-order valence-electron chi connectivity index (χ4n) is 2.27. The SMILES string of the molecule is COc1ccc(C)c2ccccc12.COc1ccc(C)cc1. The number of hydrogen-bond donors (Lipinski definition) is 0. The molecule has 2 heteroatoms. The first-order valence-corrected chi connectivity index (χ1v) is 7.28. The number of hydrogen-bond acceptors (Lipinski definition) is 2. The normalized spacial score (nSPS) is 9.82. The summed E-state index contributed by atoms with van der Waals surface area (Å²) in [5.41, 5.74) is 2.55. The molecule has 0 saturated heterocycles. The number of rotatable bonds is 2. The Balaban J connectivity index is 0.000000172. The average Bonchev–Trinajstić information content (AvgIpc) is 2.57. The van der Waals surface area contributed by atoms with Crippen molar-refractivity contribution in [2.45, 2.75) is 13.8 Å². The van der Waals surface area contributed by atoms with Crippen molar-refractivity contribution in [3.63, 3.8) is 0 Å². The molecule has 0 aliphatic carbocycles. The van der Waals surface area contributed by atoms with E-state index in [1.54, 1.807) is 14.2 Å². The smallest absolute Gasteiger partial charge is 0.126 e. The monoisotopic (exact) mass is 294 g/mol. The van der Waals surface area contributed by atoms with Crippen molar-refractivity contribution in [1.29, 1.82) is 0 Å². The van der Waals surface area contributed by atoms with E-state index in [1.165, 1.54) is 21.9 Å². The summed E-state index contributed by atoms with van der Waals surface area (Å²) < 4.78 is 10.3. The molecule has 3 aromatic rings. The lowest BCUT2D eigenvalue weighted by Crippen LogP contribution is -1.86. The van der Waals surface area contributed by atoms with Gasteiger partial charge in [0, 0.05) is 5.39 Å². The second-order valence-electron chi connectivity index (χ2n) is 5.15. The Morgan fingerprint density at radius 2 is 1.27 bits per heavy atom. The van der Waals surface area contributed by atoms with Gasteiger partial charge in [0.2, 0.25) is 0 Å². The van der Waals surface area contributed by atoms with E-state index in [2.05, 4.69) is 38.1 Å². The van der Waals surface area contributed by atoms with Gasteiger partial charge in [0.15, 0.2) is 0 Å². The lowest BCUT2D eigenvalue weighted by Gasteiger charge is -2.06. The zero-order valence-electron chi connectivity index (χ0n) is 13.6. The highest BCUT2D eigenvalue weighted by Crippen LogP contribution is 2.27. The van der Waals surface area contributed by atoms with E-state index in [9.17, 15) is 0 Å². The van der Waals surface area contributed by atoms with E-state index in [1.807, 2.05) is 36.4 Å². The maximum Gasteiger partial charge on any atom is 0.126 e. The summed E-state index contributed by atoms with van der Waals surface area (Å²) in [4.78, 5) is 0. The molecule has 0 fully saturated rings. The Kier molecular flexibility index (Phi) is 5.42. The molecule has 0 spiro atoms. The topological polar surface area (TPSA) is 18.5 Å². The zero-order chi connectivity index (χ0) is 15.9. The van der Waals surface area contributed by atoms with Crippen LogP contribution in [0.5, 0.6) is 11.5 Å². The van der Waals surface area contributed by atoms with Crippen molar-refractivity contribution in [3.05, 3.63) is 71.8 Å². The fraction of sp³-hybridized carbons (Fsp3) is 0.200. The minimum absolute atomic E-state index is 0.917. The van der Waals surface area contributed by atoms with Crippen LogP contribution in [0.15, 0.2) is 60.7 Å². The third-order valence-electron chi connectivity index (χ3n) is 3.58. The quantitative estimate of drug-likeness (QED) is 0.650. The summed E-state index contributed by atoms with van der Waals surface area (Å²) >= 11 is 0. The van der Waals surface area contributed by atoms with Gasteiger partial charge in [-0.25, -0.2) is 0 Å². The molecule has 0 aliphatic rings. The summed E-state index contributed by atoms with van der Waals surface area (Å²) in [6, 6.07) is 20.3. The van der Waals surface area contributed by atoms with Gasteiger partial charge in [-0.1, -0.05) is 48.0 Å². The van der Waals surface area contributed by atoms with Crippen molar-refractivity contribution >= 4 is 10.8 Å². The van der Waals surface area contributed by atoms with Crippen LogP contribution in [-0.4, -0.2) is 14.2 Å². The van der Waals surface area contributed by atoms with E-state index in [0.29, 0.717) is 0 Å². The van der Waals surface area contributed by atoms with E-state index in [0.717, 1.165) is 11.5 Å². The fourth-order valence-corrected chi connectivity index (χ4v) is 2.27. The third kappa shape index (κ3) is 3.79. The van der Waals surface area contributed by atoms with Crippen molar-refractivity contribution in [2.24, 2.45) is 0 Å². The minimum Gasteiger partial charge on any atom is -0.497 e. The maximum atomic E-state index is 5.28. The molecular weight excluding hydrogens is 272 g/mol. The number of benzene rings is 3. The molecule has 0 aliphatic heterocycles. The minimum atomic E-state index is 0.917. The molecule has 0 atom stereocenters. The van der Waals surface area contributed by atoms with Gasteiger partial charge in [0.1, 0.15) is 11.5 Å². The van der Waals surface area contributed by atoms with Crippen LogP contribution in [0, 0.1) is 13.8 Å². The molecule has 0 heterocycles. The van der Waals surface area contributed by atoms with E-state index >= 15 is 0 Å². The van der Waals surface area contributed by atoms with E-state index in [-0.39, 0.29) is 0 Å². The lowest BCUT2D eigenvalue weighted by atomic mass is 10.1. The Hall–Kier alpha value is -2.48. The van der Waals surface area contributed by atoms with Crippen LogP contribution in [0.25, 0.3) is 10.8 Å². The Morgan fingerprint density at radius 3 is 1.86 bits per heavy atom. The summed E-state index contributed by atoms with van der Waals surface area (Å²) in [7, 11) is 3.38. The first-order valence-electron chi connectivity index (χ1n) is 7.28. The van der Waals surface area contributed by atoms with Gasteiger partial charge in [-0.05, 0) is 43.0 Å². The molecule has 22 heavy (non-hydrogen) atoms. The van der Waals surface area contributed by atoms with E-state index in [4.69, 9.17) is 9.47 Å². The van der Waals surface area contributed by atoms with Crippen LogP contribution >= 0.6 is 0 Å². The van der Waals surface area contributed by atoms with Crippen LogP contribution in [0.4, 0.5) is 0 Å². The van der Waals surface area contributed by atoms with Crippen molar-refractivity contribution in [3.8, 4) is 11.5 Å². The molecule has 3 aromatic carbocycles. The predicted octanol–water partition coefficient (Wildman–Crippen LogP) is 5.16. The number of methoxy groups -OCH3 is 2. The van der Waals surface area contributed by atoms with Gasteiger partial charge in [-0.15, -0.1) is 0 Å². The van der Waals surface area contributed by atoms with Crippen LogP contribution in [0.3, 0.4) is 0 Å². The highest BCUT2D eigenvalue weighted by molar-refractivity contribution is 5.90. The maximum absolute atomic E-state index is 5.28. The van der Waals surface area contributed by atoms with Crippen LogP contribution in [0.1, 0.15) is 11.1 Å². The predicted molar refractivity (Wildman–Crippen MR) is 93.0 cm³/mol. The highest BCUT2D eigenvalue weighted by Gasteiger charge is 2.01. The molecule has 0 unspecified atom stereocenters. The number of aryl methyl sites for hydroxylation is 2. The molecule has 0 bridgehead atoms. The molecule has 0 radical (unpaired) electrons. The Morgan fingerprint density at radius 1 is 0.636 bits per heavy atom. The number of ether oxygens (including phenoxy) is 2. The average molecular weight is 294 g/mol. The van der Waals surface area contributed by atoms with Gasteiger partial charge >= 0.3 is 0 Å². The third-order valence-corrected chi connectivity index (χ3v) is 3.58. The molecule has 3 rings (SSSR count). The summed E-state index contributed by atoms with van der Waals surface area (Å²) in [6.07, 6.45) is 0. The largest absolute Gasteiger partial charge is 0.497 e. The number of fused-ring (bicyclic) bond motifs is 1. The Bertz CT molecular complexity index is 730. The molecule has 0 N–H and O–H groups in total. The molecule has 2 nitrogen and oxygen atoms in total. The van der Waals surface area contributed by atoms with Crippen molar-refractivity contribution in [2.75, 3.05) is 14.2 Å². The van der Waals surface area contributed by atoms with Gasteiger partial charge in [0.25, 0.3) is 0 Å². The zero-order valence-corrected chi connectivity index (χ0v) is 13.6. The molecule has 114 valence electrons. The van der Waals surface area contributed by atoms with Crippen LogP contribution in [-0.2, 0) is 0 Å². The van der Waals surface area contributed by atoms with Gasteiger partial charge in [0.05, 0.1) is 14.2 Å². The van der Waals surface area contributed by atoms with Crippen molar-refractivity contribution in [1.82, 2.24) is 0 Å². The van der Waals surface area contributed by atoms with Crippen LogP contribution < -0.4 is 9.47 Å². The second kappa shape index (κ2) is 7.51. The second-order valence-corrected chi connectivity index (χ2v) is 5.15. The lowest BCUT2D eigenvalue weighted by molar-refractivity contribution is 0.414. The van der Waals surface area contributed by atoms with Crippen LogP contribution in [0.2, 0.25) is 0 Å². The molecule has 0 saturated carbocycles. The van der Waals surface area contributed by atoms with Gasteiger partial charge in [-0.3, -0.25) is 0 Å². The Labute approximate surface area is 132 Å². The molecule has 0 aromatic heterocycles. The highest BCUT2D eigenvalue weighted by atomic mass is 16.5. The van der Waals surface area contributed by atoms with Gasteiger partial charge < -0.3 is 9.47 Å². The van der Waals surface area contributed by atoms with E-state index < -0.39 is 0 Å². The summed E-state index contributed by atoms with van der Waals surface area (Å²) in [5, 5.41) is 2.45. The first-order chi connectivity index (χ1) is 10.7. The summed E-state index contributed by atoms with van der Waals surface area (Å²) in [6.45, 7) is 4.17. The van der Waals surface area contributed by atoms with Crippen molar-refractivity contribution < 1.29 is 9.47 Å². The molecular formula is C20H22O2. The summed E-state index contributed by atoms with van der Waals surface area (Å²) in [5.74, 6) is 1.86. The molecule has 0 amide bonds.